The van der Waals surface area contributed by atoms with Gasteiger partial charge in [0.1, 0.15) is 0 Å². The predicted octanol–water partition coefficient (Wildman–Crippen LogP) is 2.75. The minimum atomic E-state index is 0.107. The molecular weight excluding hydrogens is 186 g/mol. The van der Waals surface area contributed by atoms with Crippen molar-refractivity contribution in [2.75, 3.05) is 0 Å². The molecule has 1 saturated heterocycles. The largest absolute Gasteiger partial charge is 0.365 e. The van der Waals surface area contributed by atoms with Gasteiger partial charge in [0.2, 0.25) is 0 Å². The highest BCUT2D eigenvalue weighted by atomic mass is 16.6. The molecule has 0 aromatic heterocycles. The van der Waals surface area contributed by atoms with Crippen LogP contribution in [0.2, 0.25) is 0 Å². The maximum absolute atomic E-state index is 6.47. The molecule has 0 amide bonds. The van der Waals surface area contributed by atoms with E-state index in [4.69, 9.17) is 10.5 Å². The maximum atomic E-state index is 6.47. The average molecular weight is 209 g/mol. The van der Waals surface area contributed by atoms with Gasteiger partial charge in [0, 0.05) is 0 Å². The van der Waals surface area contributed by atoms with Gasteiger partial charge < -0.3 is 10.5 Å². The van der Waals surface area contributed by atoms with Gasteiger partial charge in [0.15, 0.2) is 0 Å². The standard InChI is InChI=1S/C13H23NO/c14-11-12(7-3-1-4-8-12)15-13(11)9-5-2-6-10-13/h11H,1-10,14H2. The molecule has 86 valence electrons. The summed E-state index contributed by atoms with van der Waals surface area (Å²) < 4.78 is 6.38. The van der Waals surface area contributed by atoms with Crippen molar-refractivity contribution in [2.24, 2.45) is 5.73 Å². The van der Waals surface area contributed by atoms with E-state index in [0.717, 1.165) is 0 Å². The first-order chi connectivity index (χ1) is 7.28. The van der Waals surface area contributed by atoms with Crippen LogP contribution in [-0.2, 0) is 4.74 Å². The molecular formula is C13H23NO. The summed E-state index contributed by atoms with van der Waals surface area (Å²) in [5, 5.41) is 0. The first-order valence-corrected chi connectivity index (χ1v) is 6.73. The fourth-order valence-electron chi connectivity index (χ4n) is 4.08. The number of ether oxygens (including phenoxy) is 1. The Kier molecular flexibility index (Phi) is 2.33. The number of nitrogens with two attached hydrogens (primary N) is 1. The fourth-order valence-corrected chi connectivity index (χ4v) is 4.08. The molecule has 0 aromatic rings. The molecule has 15 heavy (non-hydrogen) atoms. The smallest absolute Gasteiger partial charge is 0.0869 e. The third-order valence-electron chi connectivity index (χ3n) is 4.94. The predicted molar refractivity (Wildman–Crippen MR) is 60.7 cm³/mol. The van der Waals surface area contributed by atoms with Crippen LogP contribution in [0.4, 0.5) is 0 Å². The molecule has 0 radical (unpaired) electrons. The van der Waals surface area contributed by atoms with Crippen LogP contribution in [0.1, 0.15) is 64.2 Å². The second-order valence-electron chi connectivity index (χ2n) is 5.83. The first kappa shape index (κ1) is 10.1. The zero-order valence-electron chi connectivity index (χ0n) is 9.63. The lowest BCUT2D eigenvalue weighted by molar-refractivity contribution is -0.309. The van der Waals surface area contributed by atoms with E-state index in [0.29, 0.717) is 6.04 Å². The Hall–Kier alpha value is -0.0800. The topological polar surface area (TPSA) is 35.2 Å². The molecule has 0 aromatic carbocycles. The average Bonchev–Trinajstić information content (AvgIpc) is 2.31. The second-order valence-corrected chi connectivity index (χ2v) is 5.83. The Morgan fingerprint density at radius 2 is 1.13 bits per heavy atom. The number of hydrogen-bond acceptors (Lipinski definition) is 2. The van der Waals surface area contributed by atoms with E-state index in [9.17, 15) is 0 Å². The van der Waals surface area contributed by atoms with Gasteiger partial charge in [-0.1, -0.05) is 38.5 Å². The van der Waals surface area contributed by atoms with Crippen LogP contribution in [0.15, 0.2) is 0 Å². The highest BCUT2D eigenvalue weighted by Gasteiger charge is 2.62. The molecule has 0 atom stereocenters. The van der Waals surface area contributed by atoms with Crippen molar-refractivity contribution in [3.05, 3.63) is 0 Å². The monoisotopic (exact) mass is 209 g/mol. The van der Waals surface area contributed by atoms with Crippen LogP contribution >= 0.6 is 0 Å². The van der Waals surface area contributed by atoms with Crippen LogP contribution in [0.3, 0.4) is 0 Å². The molecule has 2 nitrogen and oxygen atoms in total. The molecule has 0 unspecified atom stereocenters. The lowest BCUT2D eigenvalue weighted by atomic mass is 9.62. The van der Waals surface area contributed by atoms with Gasteiger partial charge in [-0.25, -0.2) is 0 Å². The number of hydrogen-bond donors (Lipinski definition) is 1. The highest BCUT2D eigenvalue weighted by Crippen LogP contribution is 2.54. The molecule has 2 saturated carbocycles. The summed E-state index contributed by atoms with van der Waals surface area (Å²) in [5.74, 6) is 0. The molecule has 3 aliphatic rings. The quantitative estimate of drug-likeness (QED) is 0.666. The van der Waals surface area contributed by atoms with Gasteiger partial charge in [0.25, 0.3) is 0 Å². The molecule has 2 heteroatoms. The molecule has 2 N–H and O–H groups in total. The van der Waals surface area contributed by atoms with E-state index >= 15 is 0 Å². The third-order valence-corrected chi connectivity index (χ3v) is 4.94. The molecule has 1 heterocycles. The summed E-state index contributed by atoms with van der Waals surface area (Å²) in [7, 11) is 0. The Labute approximate surface area is 92.6 Å². The summed E-state index contributed by atoms with van der Waals surface area (Å²) >= 11 is 0. The van der Waals surface area contributed by atoms with Crippen molar-refractivity contribution in [3.63, 3.8) is 0 Å². The van der Waals surface area contributed by atoms with Crippen LogP contribution in [-0.4, -0.2) is 17.2 Å². The van der Waals surface area contributed by atoms with Gasteiger partial charge >= 0.3 is 0 Å². The summed E-state index contributed by atoms with van der Waals surface area (Å²) in [6, 6.07) is 0.339. The SMILES string of the molecule is NC1C2(CCCCC2)OC12CCCCC2. The minimum Gasteiger partial charge on any atom is -0.365 e. The Morgan fingerprint density at radius 3 is 1.47 bits per heavy atom. The summed E-state index contributed by atoms with van der Waals surface area (Å²) in [6.07, 6.45) is 12.9. The van der Waals surface area contributed by atoms with Crippen molar-refractivity contribution in [1.82, 2.24) is 0 Å². The second kappa shape index (κ2) is 3.46. The minimum absolute atomic E-state index is 0.107. The maximum Gasteiger partial charge on any atom is 0.0869 e. The Morgan fingerprint density at radius 1 is 0.733 bits per heavy atom. The van der Waals surface area contributed by atoms with E-state index in [-0.39, 0.29) is 11.2 Å². The van der Waals surface area contributed by atoms with Gasteiger partial charge in [-0.15, -0.1) is 0 Å². The molecule has 3 fully saturated rings. The molecule has 2 aliphatic carbocycles. The lowest BCUT2D eigenvalue weighted by Gasteiger charge is -2.64. The van der Waals surface area contributed by atoms with Crippen LogP contribution in [0.5, 0.6) is 0 Å². The summed E-state index contributed by atoms with van der Waals surface area (Å²) in [6.45, 7) is 0. The van der Waals surface area contributed by atoms with Crippen molar-refractivity contribution in [1.29, 1.82) is 0 Å². The normalized spacial score (nSPS) is 34.2. The van der Waals surface area contributed by atoms with Gasteiger partial charge in [-0.2, -0.15) is 0 Å². The van der Waals surface area contributed by atoms with Gasteiger partial charge in [0.05, 0.1) is 17.2 Å². The van der Waals surface area contributed by atoms with Crippen molar-refractivity contribution in [3.8, 4) is 0 Å². The molecule has 1 aliphatic heterocycles. The van der Waals surface area contributed by atoms with Crippen molar-refractivity contribution >= 4 is 0 Å². The van der Waals surface area contributed by atoms with Gasteiger partial charge in [-0.05, 0) is 25.7 Å². The summed E-state index contributed by atoms with van der Waals surface area (Å²) in [5.41, 5.74) is 6.69. The molecule has 3 rings (SSSR count). The third kappa shape index (κ3) is 1.38. The van der Waals surface area contributed by atoms with Crippen LogP contribution in [0.25, 0.3) is 0 Å². The Balaban J connectivity index is 1.72. The zero-order valence-corrected chi connectivity index (χ0v) is 9.63. The zero-order chi connectivity index (χ0) is 10.4. The summed E-state index contributed by atoms with van der Waals surface area (Å²) in [4.78, 5) is 0. The van der Waals surface area contributed by atoms with Crippen LogP contribution in [0, 0.1) is 0 Å². The lowest BCUT2D eigenvalue weighted by Crippen LogP contribution is -2.76. The Bertz CT molecular complexity index is 215. The van der Waals surface area contributed by atoms with Crippen molar-refractivity contribution in [2.45, 2.75) is 81.5 Å². The fraction of sp³-hybridized carbons (Fsp3) is 1.00. The van der Waals surface area contributed by atoms with Crippen molar-refractivity contribution < 1.29 is 4.74 Å². The van der Waals surface area contributed by atoms with E-state index in [1.165, 1.54) is 64.2 Å². The number of rotatable bonds is 0. The van der Waals surface area contributed by atoms with E-state index in [1.807, 2.05) is 0 Å². The molecule has 0 bridgehead atoms. The van der Waals surface area contributed by atoms with E-state index in [2.05, 4.69) is 0 Å². The van der Waals surface area contributed by atoms with E-state index in [1.54, 1.807) is 0 Å². The first-order valence-electron chi connectivity index (χ1n) is 6.73. The highest BCUT2D eigenvalue weighted by molar-refractivity contribution is 5.15. The van der Waals surface area contributed by atoms with Crippen LogP contribution < -0.4 is 5.73 Å². The van der Waals surface area contributed by atoms with E-state index < -0.39 is 0 Å². The van der Waals surface area contributed by atoms with Gasteiger partial charge in [-0.3, -0.25) is 0 Å². The molecule has 2 spiro atoms.